The molecule has 8 nitrogen and oxygen atoms in total. The highest BCUT2D eigenvalue weighted by Crippen LogP contribution is 2.73. The van der Waals surface area contributed by atoms with Gasteiger partial charge in [-0.3, -0.25) is 4.40 Å². The molecule has 3 fully saturated rings. The number of anilines is 1. The maximum Gasteiger partial charge on any atom is 0.394 e. The zero-order chi connectivity index (χ0) is 21.5. The van der Waals surface area contributed by atoms with Crippen LogP contribution in [0.15, 0.2) is 35.6 Å². The average molecular weight is 438 g/mol. The molecule has 0 unspecified atom stereocenters. The molecule has 1 aromatic carbocycles. The summed E-state index contributed by atoms with van der Waals surface area (Å²) in [5, 5.41) is 0. The van der Waals surface area contributed by atoms with Gasteiger partial charge in [-0.15, -0.1) is 0 Å². The van der Waals surface area contributed by atoms with Crippen molar-refractivity contribution in [3.05, 3.63) is 36.3 Å². The molecule has 2 bridgehead atoms. The molecule has 30 heavy (non-hydrogen) atoms. The van der Waals surface area contributed by atoms with Crippen molar-refractivity contribution in [1.29, 1.82) is 0 Å². The number of alkyl halides is 3. The van der Waals surface area contributed by atoms with Gasteiger partial charge in [-0.25, -0.2) is 28.1 Å². The van der Waals surface area contributed by atoms with Gasteiger partial charge < -0.3 is 5.73 Å². The second-order valence-electron chi connectivity index (χ2n) is 8.20. The quantitative estimate of drug-likeness (QED) is 0.647. The van der Waals surface area contributed by atoms with Crippen LogP contribution < -0.4 is 10.5 Å². The van der Waals surface area contributed by atoms with Crippen molar-refractivity contribution in [2.24, 2.45) is 5.41 Å². The van der Waals surface area contributed by atoms with Crippen LogP contribution in [0.5, 0.6) is 0 Å². The summed E-state index contributed by atoms with van der Waals surface area (Å²) >= 11 is 0. The first kappa shape index (κ1) is 19.2. The zero-order valence-electron chi connectivity index (χ0n) is 15.7. The second-order valence-corrected chi connectivity index (χ2v) is 9.88. The summed E-state index contributed by atoms with van der Waals surface area (Å²) < 4.78 is 68.9. The standard InChI is InChI=1S/C18H17F3N6O2S/c1-10-2-3-11(4-12(10)13-5-27-14(22)23-9-24-15(27)25-13)30(28,29)26-17-6-16(7-17,8-17)18(19,20)21/h2-5,9,26H,6-8H2,1H3,(H2,22,23,24,25). The molecule has 3 N–H and O–H groups in total. The van der Waals surface area contributed by atoms with E-state index in [2.05, 4.69) is 19.7 Å². The second kappa shape index (κ2) is 5.70. The number of hydrogen-bond donors (Lipinski definition) is 2. The van der Waals surface area contributed by atoms with E-state index in [1.807, 2.05) is 0 Å². The Kier molecular flexibility index (Phi) is 3.65. The Bertz CT molecular complexity index is 1280. The number of nitrogens with two attached hydrogens (primary N) is 1. The van der Waals surface area contributed by atoms with Crippen molar-refractivity contribution in [2.45, 2.75) is 42.8 Å². The van der Waals surface area contributed by atoms with Gasteiger partial charge in [0.05, 0.1) is 16.0 Å². The summed E-state index contributed by atoms with van der Waals surface area (Å²) in [5.74, 6) is 0.499. The van der Waals surface area contributed by atoms with E-state index in [9.17, 15) is 21.6 Å². The zero-order valence-corrected chi connectivity index (χ0v) is 16.5. The summed E-state index contributed by atoms with van der Waals surface area (Å²) in [4.78, 5) is 12.2. The lowest BCUT2D eigenvalue weighted by Gasteiger charge is -2.70. The molecule has 0 amide bonds. The smallest absolute Gasteiger partial charge is 0.369 e. The molecule has 0 saturated heterocycles. The Balaban J connectivity index is 1.45. The van der Waals surface area contributed by atoms with Crippen molar-refractivity contribution in [1.82, 2.24) is 24.1 Å². The first-order valence-electron chi connectivity index (χ1n) is 9.11. The van der Waals surface area contributed by atoms with E-state index in [1.54, 1.807) is 19.2 Å². The number of nitrogens with one attached hydrogen (secondary N) is 1. The van der Waals surface area contributed by atoms with Gasteiger partial charge >= 0.3 is 6.18 Å². The monoisotopic (exact) mass is 438 g/mol. The third kappa shape index (κ3) is 2.63. The van der Waals surface area contributed by atoms with Crippen molar-refractivity contribution in [3.63, 3.8) is 0 Å². The number of rotatable bonds is 4. The van der Waals surface area contributed by atoms with E-state index in [0.29, 0.717) is 17.0 Å². The van der Waals surface area contributed by atoms with Gasteiger partial charge in [0.25, 0.3) is 0 Å². The predicted molar refractivity (Wildman–Crippen MR) is 101 cm³/mol. The summed E-state index contributed by atoms with van der Waals surface area (Å²) in [7, 11) is -4.00. The van der Waals surface area contributed by atoms with E-state index in [0.717, 1.165) is 5.56 Å². The molecule has 3 saturated carbocycles. The van der Waals surface area contributed by atoms with Gasteiger partial charge in [0, 0.05) is 17.3 Å². The topological polar surface area (TPSA) is 115 Å². The van der Waals surface area contributed by atoms with Gasteiger partial charge in [0.1, 0.15) is 6.33 Å². The Labute approximate surface area is 169 Å². The van der Waals surface area contributed by atoms with Crippen LogP contribution in [0, 0.1) is 12.3 Å². The van der Waals surface area contributed by atoms with E-state index in [4.69, 9.17) is 5.73 Å². The Morgan fingerprint density at radius 3 is 2.53 bits per heavy atom. The van der Waals surface area contributed by atoms with Gasteiger partial charge in [0.2, 0.25) is 21.7 Å². The highest BCUT2D eigenvalue weighted by molar-refractivity contribution is 7.89. The number of sulfonamides is 1. The molecule has 3 aliphatic rings. The lowest BCUT2D eigenvalue weighted by atomic mass is 9.39. The van der Waals surface area contributed by atoms with Crippen LogP contribution in [0.4, 0.5) is 19.1 Å². The first-order chi connectivity index (χ1) is 13.9. The number of nitrogen functional groups attached to an aromatic ring is 1. The minimum Gasteiger partial charge on any atom is -0.369 e. The third-order valence-corrected chi connectivity index (χ3v) is 7.65. The fraction of sp³-hybridized carbons (Fsp3) is 0.389. The fourth-order valence-electron chi connectivity index (χ4n) is 4.55. The molecule has 0 spiro atoms. The van der Waals surface area contributed by atoms with Gasteiger partial charge in [-0.1, -0.05) is 6.07 Å². The van der Waals surface area contributed by atoms with Gasteiger partial charge in [-0.05, 0) is 43.9 Å². The Morgan fingerprint density at radius 2 is 1.90 bits per heavy atom. The predicted octanol–water partition coefficient (Wildman–Crippen LogP) is 2.45. The Hall–Kier alpha value is -2.73. The number of imidazole rings is 1. The first-order valence-corrected chi connectivity index (χ1v) is 10.6. The summed E-state index contributed by atoms with van der Waals surface area (Å²) in [6, 6.07) is 4.51. The van der Waals surface area contributed by atoms with Crippen LogP contribution in [-0.2, 0) is 10.0 Å². The molecule has 0 atom stereocenters. The number of aromatic nitrogens is 4. The average Bonchev–Trinajstić information content (AvgIpc) is 3.01. The molecular formula is C18H17F3N6O2S. The van der Waals surface area contributed by atoms with Crippen molar-refractivity contribution in [2.75, 3.05) is 5.73 Å². The summed E-state index contributed by atoms with van der Waals surface area (Å²) in [6.45, 7) is 1.80. The maximum atomic E-state index is 13.0. The summed E-state index contributed by atoms with van der Waals surface area (Å²) in [6.07, 6.45) is -2.07. The number of aryl methyl sites for hydroxylation is 1. The maximum absolute atomic E-state index is 13.0. The molecule has 2 aromatic heterocycles. The highest BCUT2D eigenvalue weighted by atomic mass is 32.2. The fourth-order valence-corrected chi connectivity index (χ4v) is 5.97. The third-order valence-electron chi connectivity index (χ3n) is 6.08. The molecule has 0 radical (unpaired) electrons. The normalized spacial score (nSPS) is 25.7. The molecular weight excluding hydrogens is 421 g/mol. The van der Waals surface area contributed by atoms with E-state index >= 15 is 0 Å². The highest BCUT2D eigenvalue weighted by Gasteiger charge is 2.79. The van der Waals surface area contributed by atoms with Crippen molar-refractivity contribution < 1.29 is 21.6 Å². The number of fused-ring (bicyclic) bond motifs is 1. The van der Waals surface area contributed by atoms with Crippen LogP contribution in [0.25, 0.3) is 17.0 Å². The lowest BCUT2D eigenvalue weighted by molar-refractivity contribution is -0.335. The minimum atomic E-state index is -4.30. The van der Waals surface area contributed by atoms with E-state index in [1.165, 1.54) is 22.9 Å². The molecule has 3 aliphatic carbocycles. The van der Waals surface area contributed by atoms with Crippen molar-refractivity contribution >= 4 is 21.7 Å². The van der Waals surface area contributed by atoms with Crippen LogP contribution in [0.1, 0.15) is 24.8 Å². The molecule has 3 aromatic rings. The van der Waals surface area contributed by atoms with Crippen LogP contribution in [0.3, 0.4) is 0 Å². The minimum absolute atomic E-state index is 0.0370. The Morgan fingerprint density at radius 1 is 1.20 bits per heavy atom. The van der Waals surface area contributed by atoms with Crippen molar-refractivity contribution in [3.8, 4) is 11.3 Å². The van der Waals surface area contributed by atoms with Crippen LogP contribution in [0.2, 0.25) is 0 Å². The number of halogens is 3. The largest absolute Gasteiger partial charge is 0.394 e. The van der Waals surface area contributed by atoms with Gasteiger partial charge in [-0.2, -0.15) is 13.2 Å². The molecule has 12 heteroatoms. The van der Waals surface area contributed by atoms with E-state index < -0.39 is 27.2 Å². The lowest BCUT2D eigenvalue weighted by Crippen LogP contribution is -2.78. The molecule has 158 valence electrons. The van der Waals surface area contributed by atoms with E-state index in [-0.39, 0.29) is 30.1 Å². The molecule has 6 rings (SSSR count). The van der Waals surface area contributed by atoms with Gasteiger partial charge in [0.15, 0.2) is 0 Å². The molecule has 2 heterocycles. The van der Waals surface area contributed by atoms with Crippen LogP contribution in [-0.4, -0.2) is 39.5 Å². The summed E-state index contributed by atoms with van der Waals surface area (Å²) in [5.41, 5.74) is 4.84. The number of hydrogen-bond acceptors (Lipinski definition) is 6. The molecule has 0 aliphatic heterocycles. The van der Waals surface area contributed by atoms with Crippen LogP contribution >= 0.6 is 0 Å². The SMILES string of the molecule is Cc1ccc(S(=O)(=O)NC23CC(C(F)(F)F)(C2)C3)cc1-c1cn2c(N)ncnc2n1. The number of benzene rings is 1. The number of nitrogens with zero attached hydrogens (tertiary/aromatic N) is 4.